The number of carboxylic acid groups (broad SMARTS) is 1. The van der Waals surface area contributed by atoms with E-state index in [0.717, 1.165) is 11.1 Å². The van der Waals surface area contributed by atoms with Crippen LogP contribution in [0.25, 0.3) is 0 Å². The fourth-order valence-corrected chi connectivity index (χ4v) is 2.94. The molecule has 0 bridgehead atoms. The van der Waals surface area contributed by atoms with Crippen molar-refractivity contribution in [2.75, 3.05) is 20.3 Å². The van der Waals surface area contributed by atoms with Crippen molar-refractivity contribution in [2.45, 2.75) is 38.6 Å². The van der Waals surface area contributed by atoms with E-state index in [0.29, 0.717) is 25.2 Å². The van der Waals surface area contributed by atoms with Crippen LogP contribution < -0.4 is 10.1 Å². The van der Waals surface area contributed by atoms with Gasteiger partial charge in [-0.1, -0.05) is 26.0 Å². The topological polar surface area (TPSA) is 84.9 Å². The van der Waals surface area contributed by atoms with Crippen LogP contribution in [0.1, 0.15) is 31.4 Å². The Hall–Kier alpha value is -2.08. The van der Waals surface area contributed by atoms with Crippen molar-refractivity contribution >= 4 is 11.9 Å². The maximum atomic E-state index is 11.9. The molecule has 0 amide bonds. The zero-order valence-corrected chi connectivity index (χ0v) is 14.4. The third-order valence-corrected chi connectivity index (χ3v) is 4.31. The summed E-state index contributed by atoms with van der Waals surface area (Å²) in [4.78, 5) is 23.7. The first kappa shape index (κ1) is 18.3. The second kappa shape index (κ2) is 7.66. The number of aliphatic carboxylic acids is 1. The van der Waals surface area contributed by atoms with Gasteiger partial charge in [0.05, 0.1) is 20.3 Å². The fraction of sp³-hybridized carbons (Fsp3) is 0.556. The van der Waals surface area contributed by atoms with Crippen molar-refractivity contribution < 1.29 is 24.2 Å². The molecule has 1 aromatic rings. The monoisotopic (exact) mass is 335 g/mol. The van der Waals surface area contributed by atoms with Crippen molar-refractivity contribution in [3.63, 3.8) is 0 Å². The Balaban J connectivity index is 2.12. The van der Waals surface area contributed by atoms with Crippen LogP contribution in [0.3, 0.4) is 0 Å². The predicted octanol–water partition coefficient (Wildman–Crippen LogP) is 1.80. The Bertz CT molecular complexity index is 599. The van der Waals surface area contributed by atoms with Crippen LogP contribution in [-0.4, -0.2) is 42.8 Å². The average Bonchev–Trinajstić information content (AvgIpc) is 2.57. The number of carbonyl (C=O) groups excluding carboxylic acids is 1. The Morgan fingerprint density at radius 2 is 2.12 bits per heavy atom. The predicted molar refractivity (Wildman–Crippen MR) is 89.2 cm³/mol. The van der Waals surface area contributed by atoms with E-state index in [4.69, 9.17) is 9.47 Å². The van der Waals surface area contributed by atoms with Crippen molar-refractivity contribution in [3.8, 4) is 5.75 Å². The minimum absolute atomic E-state index is 0.122. The standard InChI is InChI=1S/C18H25NO5/c1-12(2)11-24-16(20)10-19-18(17(21)22)8-7-13-5-4-6-15(23-3)14(13)9-18/h4-6,12,19H,7-11H2,1-3H3,(H,21,22). The zero-order valence-electron chi connectivity index (χ0n) is 14.4. The lowest BCUT2D eigenvalue weighted by atomic mass is 9.77. The van der Waals surface area contributed by atoms with Gasteiger partial charge in [0.15, 0.2) is 0 Å². The number of carboxylic acids is 1. The number of esters is 1. The van der Waals surface area contributed by atoms with Gasteiger partial charge in [-0.05, 0) is 36.0 Å². The summed E-state index contributed by atoms with van der Waals surface area (Å²) in [5.41, 5.74) is 0.797. The highest BCUT2D eigenvalue weighted by Gasteiger charge is 2.42. The van der Waals surface area contributed by atoms with Crippen LogP contribution >= 0.6 is 0 Å². The molecular weight excluding hydrogens is 310 g/mol. The van der Waals surface area contributed by atoms with Gasteiger partial charge in [0.2, 0.25) is 0 Å². The SMILES string of the molecule is COc1cccc2c1CC(NCC(=O)OCC(C)C)(C(=O)O)CC2. The molecule has 1 aliphatic rings. The lowest BCUT2D eigenvalue weighted by molar-refractivity contribution is -0.148. The van der Waals surface area contributed by atoms with E-state index in [1.165, 1.54) is 0 Å². The Morgan fingerprint density at radius 1 is 1.38 bits per heavy atom. The molecule has 6 heteroatoms. The Kier molecular flexibility index (Phi) is 5.83. The molecule has 2 rings (SSSR count). The quantitative estimate of drug-likeness (QED) is 0.739. The van der Waals surface area contributed by atoms with Gasteiger partial charge in [-0.3, -0.25) is 14.9 Å². The molecule has 0 saturated heterocycles. The number of ether oxygens (including phenoxy) is 2. The number of fused-ring (bicyclic) bond motifs is 1. The van der Waals surface area contributed by atoms with Gasteiger partial charge < -0.3 is 14.6 Å². The lowest BCUT2D eigenvalue weighted by Gasteiger charge is -2.35. The lowest BCUT2D eigenvalue weighted by Crippen LogP contribution is -2.57. The third kappa shape index (κ3) is 4.06. The molecule has 6 nitrogen and oxygen atoms in total. The van der Waals surface area contributed by atoms with Crippen LogP contribution in [0, 0.1) is 5.92 Å². The first-order valence-corrected chi connectivity index (χ1v) is 8.17. The van der Waals surface area contributed by atoms with E-state index < -0.39 is 17.5 Å². The minimum atomic E-state index is -1.18. The summed E-state index contributed by atoms with van der Waals surface area (Å²) in [6, 6.07) is 5.72. The molecule has 132 valence electrons. The number of benzene rings is 1. The van der Waals surface area contributed by atoms with E-state index in [9.17, 15) is 14.7 Å². The number of aryl methyl sites for hydroxylation is 1. The molecule has 2 N–H and O–H groups in total. The van der Waals surface area contributed by atoms with Crippen LogP contribution in [0.4, 0.5) is 0 Å². The minimum Gasteiger partial charge on any atom is -0.496 e. The summed E-state index contributed by atoms with van der Waals surface area (Å²) >= 11 is 0. The zero-order chi connectivity index (χ0) is 17.7. The number of rotatable bonds is 7. The first-order valence-electron chi connectivity index (χ1n) is 8.17. The Morgan fingerprint density at radius 3 is 2.75 bits per heavy atom. The largest absolute Gasteiger partial charge is 0.496 e. The van der Waals surface area contributed by atoms with Crippen LogP contribution in [0.15, 0.2) is 18.2 Å². The van der Waals surface area contributed by atoms with Crippen molar-refractivity contribution in [1.29, 1.82) is 0 Å². The summed E-state index contributed by atoms with van der Waals surface area (Å²) in [5, 5.41) is 12.7. The number of nitrogens with one attached hydrogen (secondary N) is 1. The van der Waals surface area contributed by atoms with Gasteiger partial charge in [0.1, 0.15) is 11.3 Å². The molecule has 0 heterocycles. The number of methoxy groups -OCH3 is 1. The molecule has 1 aliphatic carbocycles. The van der Waals surface area contributed by atoms with Crippen LogP contribution in [0.5, 0.6) is 5.75 Å². The van der Waals surface area contributed by atoms with E-state index in [-0.39, 0.29) is 18.9 Å². The molecule has 0 aromatic heterocycles. The molecular formula is C18H25NO5. The molecule has 0 spiro atoms. The summed E-state index contributed by atoms with van der Waals surface area (Å²) in [7, 11) is 1.57. The molecule has 24 heavy (non-hydrogen) atoms. The third-order valence-electron chi connectivity index (χ3n) is 4.31. The van der Waals surface area contributed by atoms with Gasteiger partial charge in [-0.25, -0.2) is 0 Å². The molecule has 0 fully saturated rings. The number of hydrogen-bond donors (Lipinski definition) is 2. The fourth-order valence-electron chi connectivity index (χ4n) is 2.94. The van der Waals surface area contributed by atoms with Crippen LogP contribution in [-0.2, 0) is 27.2 Å². The maximum Gasteiger partial charge on any atom is 0.324 e. The molecule has 1 unspecified atom stereocenters. The van der Waals surface area contributed by atoms with Gasteiger partial charge in [-0.15, -0.1) is 0 Å². The van der Waals surface area contributed by atoms with Gasteiger partial charge in [0, 0.05) is 6.42 Å². The first-order chi connectivity index (χ1) is 11.4. The van der Waals surface area contributed by atoms with E-state index in [1.807, 2.05) is 32.0 Å². The van der Waals surface area contributed by atoms with Gasteiger partial charge >= 0.3 is 11.9 Å². The highest BCUT2D eigenvalue weighted by molar-refractivity contribution is 5.81. The molecule has 0 aliphatic heterocycles. The smallest absolute Gasteiger partial charge is 0.324 e. The molecule has 1 aromatic carbocycles. The summed E-state index contributed by atoms with van der Waals surface area (Å²) in [5.74, 6) is -0.471. The van der Waals surface area contributed by atoms with Crippen LogP contribution in [0.2, 0.25) is 0 Å². The van der Waals surface area contributed by atoms with Crippen molar-refractivity contribution in [3.05, 3.63) is 29.3 Å². The summed E-state index contributed by atoms with van der Waals surface area (Å²) in [6.45, 7) is 4.11. The van der Waals surface area contributed by atoms with Crippen molar-refractivity contribution in [2.24, 2.45) is 5.92 Å². The molecule has 1 atom stereocenters. The number of carbonyl (C=O) groups is 2. The Labute approximate surface area is 142 Å². The summed E-state index contributed by atoms with van der Waals surface area (Å²) in [6.07, 6.45) is 1.31. The number of hydrogen-bond acceptors (Lipinski definition) is 5. The average molecular weight is 335 g/mol. The second-order valence-electron chi connectivity index (χ2n) is 6.59. The van der Waals surface area contributed by atoms with E-state index >= 15 is 0 Å². The second-order valence-corrected chi connectivity index (χ2v) is 6.59. The van der Waals surface area contributed by atoms with Gasteiger partial charge in [-0.2, -0.15) is 0 Å². The highest BCUT2D eigenvalue weighted by Crippen LogP contribution is 2.34. The summed E-state index contributed by atoms with van der Waals surface area (Å²) < 4.78 is 10.5. The molecule has 0 radical (unpaired) electrons. The molecule has 0 saturated carbocycles. The van der Waals surface area contributed by atoms with E-state index in [2.05, 4.69) is 5.32 Å². The van der Waals surface area contributed by atoms with Gasteiger partial charge in [0.25, 0.3) is 0 Å². The van der Waals surface area contributed by atoms with Crippen molar-refractivity contribution in [1.82, 2.24) is 5.32 Å². The normalized spacial score (nSPS) is 19.7. The van der Waals surface area contributed by atoms with E-state index in [1.54, 1.807) is 7.11 Å². The maximum absolute atomic E-state index is 11.9. The highest BCUT2D eigenvalue weighted by atomic mass is 16.5.